The van der Waals surface area contributed by atoms with Crippen LogP contribution in [-0.2, 0) is 0 Å². The van der Waals surface area contributed by atoms with Gasteiger partial charge >= 0.3 is 6.61 Å². The summed E-state index contributed by atoms with van der Waals surface area (Å²) < 4.78 is 41.9. The number of pyridine rings is 1. The summed E-state index contributed by atoms with van der Waals surface area (Å²) in [6, 6.07) is 7.16. The summed E-state index contributed by atoms with van der Waals surface area (Å²) in [5, 5.41) is 12.0. The quantitative estimate of drug-likeness (QED) is 0.925. The molecule has 0 radical (unpaired) electrons. The molecule has 0 amide bonds. The number of nitriles is 1. The van der Waals surface area contributed by atoms with Gasteiger partial charge in [-0.05, 0) is 32.0 Å². The van der Waals surface area contributed by atoms with Crippen LogP contribution in [0.15, 0.2) is 24.3 Å². The zero-order chi connectivity index (χ0) is 16.3. The highest BCUT2D eigenvalue weighted by molar-refractivity contribution is 5.68. The second-order valence-electron chi connectivity index (χ2n) is 4.53. The fourth-order valence-electron chi connectivity index (χ4n) is 1.99. The molecule has 0 aliphatic rings. The van der Waals surface area contributed by atoms with E-state index in [0.29, 0.717) is 28.3 Å². The number of anilines is 2. The van der Waals surface area contributed by atoms with E-state index in [2.05, 4.69) is 15.0 Å². The summed E-state index contributed by atoms with van der Waals surface area (Å²) in [6.07, 6.45) is 0. The smallest absolute Gasteiger partial charge is 0.387 e. The summed E-state index contributed by atoms with van der Waals surface area (Å²) >= 11 is 0. The van der Waals surface area contributed by atoms with Gasteiger partial charge in [0.2, 0.25) is 0 Å². The lowest BCUT2D eigenvalue weighted by atomic mass is 10.1. The molecule has 0 saturated carbocycles. The minimum absolute atomic E-state index is 0.306. The molecular formula is C15H12F3N3O. The van der Waals surface area contributed by atoms with Crippen LogP contribution in [0, 0.1) is 31.0 Å². The van der Waals surface area contributed by atoms with Gasteiger partial charge in [0.05, 0.1) is 16.9 Å². The van der Waals surface area contributed by atoms with Crippen molar-refractivity contribution in [3.8, 4) is 11.8 Å². The van der Waals surface area contributed by atoms with Crippen LogP contribution in [0.5, 0.6) is 5.75 Å². The molecule has 1 heterocycles. The van der Waals surface area contributed by atoms with Gasteiger partial charge in [0.25, 0.3) is 0 Å². The van der Waals surface area contributed by atoms with Gasteiger partial charge in [0.1, 0.15) is 6.07 Å². The topological polar surface area (TPSA) is 57.9 Å². The molecule has 0 saturated heterocycles. The van der Waals surface area contributed by atoms with Crippen molar-refractivity contribution < 1.29 is 17.9 Å². The van der Waals surface area contributed by atoms with Crippen LogP contribution in [-0.4, -0.2) is 11.6 Å². The molecule has 0 aliphatic carbocycles. The van der Waals surface area contributed by atoms with E-state index in [9.17, 15) is 13.2 Å². The van der Waals surface area contributed by atoms with Crippen molar-refractivity contribution in [1.82, 2.24) is 4.98 Å². The Labute approximate surface area is 125 Å². The molecule has 0 bridgehead atoms. The maximum atomic E-state index is 13.7. The van der Waals surface area contributed by atoms with E-state index >= 15 is 0 Å². The number of hydrogen-bond acceptors (Lipinski definition) is 4. The largest absolute Gasteiger partial charge is 0.432 e. The lowest BCUT2D eigenvalue weighted by Crippen LogP contribution is -2.04. The highest BCUT2D eigenvalue weighted by Gasteiger charge is 2.12. The molecule has 0 spiro atoms. The molecule has 0 fully saturated rings. The Kier molecular flexibility index (Phi) is 4.51. The van der Waals surface area contributed by atoms with E-state index in [1.807, 2.05) is 6.07 Å². The minimum atomic E-state index is -3.09. The summed E-state index contributed by atoms with van der Waals surface area (Å²) in [7, 11) is 0. The summed E-state index contributed by atoms with van der Waals surface area (Å²) in [5.41, 5.74) is 2.34. The fraction of sp³-hybridized carbons (Fsp3) is 0.200. The number of alkyl halides is 2. The van der Waals surface area contributed by atoms with E-state index in [4.69, 9.17) is 5.26 Å². The van der Waals surface area contributed by atoms with Crippen molar-refractivity contribution in [3.63, 3.8) is 0 Å². The molecular weight excluding hydrogens is 295 g/mol. The zero-order valence-corrected chi connectivity index (χ0v) is 11.8. The monoisotopic (exact) mass is 307 g/mol. The van der Waals surface area contributed by atoms with Gasteiger partial charge < -0.3 is 10.1 Å². The molecule has 2 rings (SSSR count). The lowest BCUT2D eigenvalue weighted by molar-refractivity contribution is -0.0521. The Hall–Kier alpha value is -2.75. The van der Waals surface area contributed by atoms with Gasteiger partial charge in [0.15, 0.2) is 11.6 Å². The third kappa shape index (κ3) is 3.47. The first-order valence-corrected chi connectivity index (χ1v) is 6.30. The van der Waals surface area contributed by atoms with Crippen LogP contribution in [0.3, 0.4) is 0 Å². The molecule has 1 aromatic heterocycles. The Morgan fingerprint density at radius 3 is 2.59 bits per heavy atom. The first kappa shape index (κ1) is 15.6. The first-order chi connectivity index (χ1) is 10.4. The minimum Gasteiger partial charge on any atom is -0.432 e. The summed E-state index contributed by atoms with van der Waals surface area (Å²) in [4.78, 5) is 4.17. The van der Waals surface area contributed by atoms with Crippen LogP contribution in [0.25, 0.3) is 0 Å². The van der Waals surface area contributed by atoms with E-state index < -0.39 is 18.2 Å². The van der Waals surface area contributed by atoms with Gasteiger partial charge in [-0.15, -0.1) is 0 Å². The van der Waals surface area contributed by atoms with Gasteiger partial charge in [-0.2, -0.15) is 14.0 Å². The Balaban J connectivity index is 2.32. The summed E-state index contributed by atoms with van der Waals surface area (Å²) in [5.74, 6) is -1.46. The lowest BCUT2D eigenvalue weighted by Gasteiger charge is -2.12. The van der Waals surface area contributed by atoms with Gasteiger partial charge in [0, 0.05) is 17.4 Å². The van der Waals surface area contributed by atoms with Gasteiger partial charge in [-0.3, -0.25) is 4.98 Å². The number of hydrogen-bond donors (Lipinski definition) is 1. The number of rotatable bonds is 4. The Morgan fingerprint density at radius 2 is 2.00 bits per heavy atom. The molecule has 22 heavy (non-hydrogen) atoms. The van der Waals surface area contributed by atoms with Gasteiger partial charge in [-0.25, -0.2) is 4.39 Å². The highest BCUT2D eigenvalue weighted by atomic mass is 19.3. The van der Waals surface area contributed by atoms with Crippen molar-refractivity contribution in [2.24, 2.45) is 0 Å². The van der Waals surface area contributed by atoms with Crippen molar-refractivity contribution in [2.75, 3.05) is 5.32 Å². The third-order valence-corrected chi connectivity index (χ3v) is 2.87. The second-order valence-corrected chi connectivity index (χ2v) is 4.53. The van der Waals surface area contributed by atoms with Crippen LogP contribution < -0.4 is 10.1 Å². The molecule has 1 aromatic carbocycles. The molecule has 2 aromatic rings. The normalized spacial score (nSPS) is 10.4. The molecule has 1 N–H and O–H groups in total. The SMILES string of the molecule is Cc1cc(Nc2ccc(OC(F)F)c(F)c2)c(C#N)c(C)n1. The maximum Gasteiger partial charge on any atom is 0.387 e. The van der Waals surface area contributed by atoms with Crippen molar-refractivity contribution >= 4 is 11.4 Å². The average molecular weight is 307 g/mol. The number of benzene rings is 1. The molecule has 0 unspecified atom stereocenters. The predicted octanol–water partition coefficient (Wildman–Crippen LogP) is 4.05. The molecule has 114 valence electrons. The van der Waals surface area contributed by atoms with Crippen molar-refractivity contribution in [1.29, 1.82) is 5.26 Å². The van der Waals surface area contributed by atoms with E-state index in [1.165, 1.54) is 6.07 Å². The molecule has 0 aliphatic heterocycles. The standard InChI is InChI=1S/C15H12F3N3O/c1-8-5-13(11(7-19)9(2)20-8)21-10-3-4-14(12(16)6-10)22-15(17)18/h3-6,15H,1-2H3,(H,20,21). The van der Waals surface area contributed by atoms with Crippen molar-refractivity contribution in [2.45, 2.75) is 20.5 Å². The van der Waals surface area contributed by atoms with Crippen LogP contribution in [0.4, 0.5) is 24.5 Å². The van der Waals surface area contributed by atoms with Crippen LogP contribution in [0.2, 0.25) is 0 Å². The Morgan fingerprint density at radius 1 is 1.27 bits per heavy atom. The maximum absolute atomic E-state index is 13.7. The molecule has 0 atom stereocenters. The van der Waals surface area contributed by atoms with Crippen LogP contribution >= 0.6 is 0 Å². The number of aryl methyl sites for hydroxylation is 2. The van der Waals surface area contributed by atoms with E-state index in [-0.39, 0.29) is 0 Å². The zero-order valence-electron chi connectivity index (χ0n) is 11.8. The third-order valence-electron chi connectivity index (χ3n) is 2.87. The predicted molar refractivity (Wildman–Crippen MR) is 74.7 cm³/mol. The number of nitrogens with one attached hydrogen (secondary N) is 1. The van der Waals surface area contributed by atoms with Crippen molar-refractivity contribution in [3.05, 3.63) is 47.0 Å². The molecule has 7 heteroatoms. The average Bonchev–Trinajstić information content (AvgIpc) is 2.41. The first-order valence-electron chi connectivity index (χ1n) is 6.30. The van der Waals surface area contributed by atoms with E-state index in [1.54, 1.807) is 19.9 Å². The fourth-order valence-corrected chi connectivity index (χ4v) is 1.99. The second kappa shape index (κ2) is 6.35. The molecule has 4 nitrogen and oxygen atoms in total. The number of halogens is 3. The number of nitrogens with zero attached hydrogens (tertiary/aromatic N) is 2. The number of aromatic nitrogens is 1. The van der Waals surface area contributed by atoms with Crippen LogP contribution in [0.1, 0.15) is 17.0 Å². The van der Waals surface area contributed by atoms with E-state index in [0.717, 1.165) is 12.1 Å². The van der Waals surface area contributed by atoms with Gasteiger partial charge in [-0.1, -0.05) is 0 Å². The summed E-state index contributed by atoms with van der Waals surface area (Å²) in [6.45, 7) is 0.361. The number of ether oxygens (including phenoxy) is 1. The Bertz CT molecular complexity index is 742. The highest BCUT2D eigenvalue weighted by Crippen LogP contribution is 2.27.